The molecule has 0 bridgehead atoms. The minimum atomic E-state index is -1.30. The summed E-state index contributed by atoms with van der Waals surface area (Å²) in [6, 6.07) is 6.06. The third-order valence-electron chi connectivity index (χ3n) is 3.65. The predicted molar refractivity (Wildman–Crippen MR) is 71.7 cm³/mol. The average molecular weight is 294 g/mol. The summed E-state index contributed by atoms with van der Waals surface area (Å²) >= 11 is 0. The highest BCUT2D eigenvalue weighted by Gasteiger charge is 2.39. The van der Waals surface area contributed by atoms with Gasteiger partial charge in [-0.2, -0.15) is 0 Å². The molecule has 1 aromatic heterocycles. The zero-order valence-corrected chi connectivity index (χ0v) is 10.8. The molecule has 2 heterocycles. The first kappa shape index (κ1) is 14.0. The largest absolute Gasteiger partial charge is 0.388 e. The lowest BCUT2D eigenvalue weighted by Gasteiger charge is -2.34. The number of ether oxygens (including phenoxy) is 1. The number of aromatic amines is 1. The van der Waals surface area contributed by atoms with Crippen molar-refractivity contribution in [2.45, 2.75) is 24.4 Å². The van der Waals surface area contributed by atoms with Gasteiger partial charge in [-0.1, -0.05) is 0 Å². The Morgan fingerprint density at radius 3 is 2.71 bits per heavy atom. The number of non-ortho nitro benzene ring substituents is 1. The normalized spacial score (nSPS) is 29.7. The van der Waals surface area contributed by atoms with E-state index in [2.05, 4.69) is 4.98 Å². The molecule has 4 atom stereocenters. The van der Waals surface area contributed by atoms with E-state index in [-0.39, 0.29) is 12.3 Å². The Morgan fingerprint density at radius 1 is 1.24 bits per heavy atom. The van der Waals surface area contributed by atoms with Crippen molar-refractivity contribution in [3.63, 3.8) is 0 Å². The van der Waals surface area contributed by atoms with Crippen LogP contribution in [0.25, 0.3) is 10.9 Å². The molecule has 21 heavy (non-hydrogen) atoms. The second kappa shape index (κ2) is 5.08. The Balaban J connectivity index is 1.95. The van der Waals surface area contributed by atoms with Crippen LogP contribution in [0.15, 0.2) is 24.3 Å². The summed E-state index contributed by atoms with van der Waals surface area (Å²) in [5, 5.41) is 40.6. The molecular weight excluding hydrogens is 280 g/mol. The summed E-state index contributed by atoms with van der Waals surface area (Å²) in [5.41, 5.74) is 0.982. The molecule has 0 amide bonds. The van der Waals surface area contributed by atoms with Crippen LogP contribution in [0, 0.1) is 10.1 Å². The van der Waals surface area contributed by atoms with Crippen LogP contribution in [0.4, 0.5) is 5.69 Å². The van der Waals surface area contributed by atoms with Crippen LogP contribution in [-0.2, 0) is 4.74 Å². The Bertz CT molecular complexity index is 684. The Kier molecular flexibility index (Phi) is 3.38. The number of rotatable bonds is 2. The van der Waals surface area contributed by atoms with E-state index in [1.165, 1.54) is 12.1 Å². The summed E-state index contributed by atoms with van der Waals surface area (Å²) in [4.78, 5) is 13.2. The first-order valence-electron chi connectivity index (χ1n) is 6.40. The maximum Gasteiger partial charge on any atom is 0.271 e. The maximum absolute atomic E-state index is 10.8. The average Bonchev–Trinajstić information content (AvgIpc) is 2.87. The standard InChI is InChI=1S/C13H14N2O6/c16-10-5-21-13(12(18)11(10)17)9-3-6-1-2-7(15(19)20)4-8(6)14-9/h1-4,10-14,16-18H,5H2/t10-,11-,12-,13?/m1/s1. The number of nitrogens with zero attached hydrogens (tertiary/aromatic N) is 1. The first-order chi connectivity index (χ1) is 9.97. The molecule has 8 heteroatoms. The fourth-order valence-electron chi connectivity index (χ4n) is 2.48. The Labute approximate surface area is 118 Å². The molecule has 1 aliphatic rings. The minimum Gasteiger partial charge on any atom is -0.388 e. The van der Waals surface area contributed by atoms with E-state index < -0.39 is 29.3 Å². The predicted octanol–water partition coefficient (Wildman–Crippen LogP) is 0.230. The quantitative estimate of drug-likeness (QED) is 0.463. The number of hydrogen-bond donors (Lipinski definition) is 4. The highest BCUT2D eigenvalue weighted by Crippen LogP contribution is 2.31. The molecule has 1 fully saturated rings. The number of aliphatic hydroxyl groups excluding tert-OH is 3. The number of aromatic nitrogens is 1. The lowest BCUT2D eigenvalue weighted by Crippen LogP contribution is -2.49. The van der Waals surface area contributed by atoms with Crippen molar-refractivity contribution in [3.05, 3.63) is 40.1 Å². The molecule has 2 aromatic rings. The number of fused-ring (bicyclic) bond motifs is 1. The van der Waals surface area contributed by atoms with Gasteiger partial charge in [-0.05, 0) is 12.1 Å². The molecule has 112 valence electrons. The van der Waals surface area contributed by atoms with Crippen LogP contribution in [0.1, 0.15) is 11.8 Å². The molecule has 1 saturated heterocycles. The number of nitro groups is 1. The van der Waals surface area contributed by atoms with Gasteiger partial charge in [0.05, 0.1) is 17.0 Å². The molecule has 0 saturated carbocycles. The zero-order valence-electron chi connectivity index (χ0n) is 10.8. The van der Waals surface area contributed by atoms with Gasteiger partial charge in [-0.15, -0.1) is 0 Å². The van der Waals surface area contributed by atoms with Gasteiger partial charge < -0.3 is 25.0 Å². The van der Waals surface area contributed by atoms with E-state index in [4.69, 9.17) is 4.74 Å². The molecule has 0 radical (unpaired) electrons. The Hall–Kier alpha value is -2.00. The number of benzene rings is 1. The van der Waals surface area contributed by atoms with Crippen LogP contribution in [0.2, 0.25) is 0 Å². The van der Waals surface area contributed by atoms with Gasteiger partial charge in [0.25, 0.3) is 5.69 Å². The van der Waals surface area contributed by atoms with E-state index in [9.17, 15) is 25.4 Å². The zero-order chi connectivity index (χ0) is 15.1. The fraction of sp³-hybridized carbons (Fsp3) is 0.385. The van der Waals surface area contributed by atoms with Gasteiger partial charge in [0, 0.05) is 23.2 Å². The SMILES string of the molecule is O=[N+]([O-])c1ccc2cc(C3OC[C@@H](O)[C@@H](O)[C@H]3O)[nH]c2c1. The molecule has 1 aliphatic heterocycles. The smallest absolute Gasteiger partial charge is 0.271 e. The second-order valence-electron chi connectivity index (χ2n) is 5.06. The van der Waals surface area contributed by atoms with Gasteiger partial charge in [-0.3, -0.25) is 10.1 Å². The van der Waals surface area contributed by atoms with E-state index in [0.29, 0.717) is 11.2 Å². The van der Waals surface area contributed by atoms with Crippen molar-refractivity contribution < 1.29 is 25.0 Å². The van der Waals surface area contributed by atoms with Crippen molar-refractivity contribution in [3.8, 4) is 0 Å². The number of H-pyrrole nitrogens is 1. The van der Waals surface area contributed by atoms with Crippen molar-refractivity contribution in [2.24, 2.45) is 0 Å². The molecular formula is C13H14N2O6. The highest BCUT2D eigenvalue weighted by molar-refractivity contribution is 5.82. The van der Waals surface area contributed by atoms with E-state index in [1.807, 2.05) is 0 Å². The van der Waals surface area contributed by atoms with Gasteiger partial charge in [0.15, 0.2) is 0 Å². The molecule has 3 rings (SSSR count). The monoisotopic (exact) mass is 294 g/mol. The summed E-state index contributed by atoms with van der Waals surface area (Å²) in [6.45, 7) is -0.0988. The summed E-state index contributed by atoms with van der Waals surface area (Å²) in [6.07, 6.45) is -4.54. The topological polar surface area (TPSA) is 129 Å². The van der Waals surface area contributed by atoms with Crippen LogP contribution in [0.5, 0.6) is 0 Å². The van der Waals surface area contributed by atoms with Gasteiger partial charge in [0.1, 0.15) is 24.4 Å². The maximum atomic E-state index is 10.8. The van der Waals surface area contributed by atoms with Crippen molar-refractivity contribution in [1.29, 1.82) is 0 Å². The van der Waals surface area contributed by atoms with Crippen LogP contribution >= 0.6 is 0 Å². The molecule has 1 unspecified atom stereocenters. The van der Waals surface area contributed by atoms with Crippen molar-refractivity contribution >= 4 is 16.6 Å². The molecule has 0 spiro atoms. The fourth-order valence-corrected chi connectivity index (χ4v) is 2.48. The molecule has 0 aliphatic carbocycles. The van der Waals surface area contributed by atoms with Crippen LogP contribution < -0.4 is 0 Å². The number of nitrogens with one attached hydrogen (secondary N) is 1. The third kappa shape index (κ3) is 2.38. The summed E-state index contributed by atoms with van der Waals surface area (Å²) in [5.74, 6) is 0. The van der Waals surface area contributed by atoms with Gasteiger partial charge in [-0.25, -0.2) is 0 Å². The van der Waals surface area contributed by atoms with Gasteiger partial charge >= 0.3 is 0 Å². The molecule has 8 nitrogen and oxygen atoms in total. The molecule has 4 N–H and O–H groups in total. The van der Waals surface area contributed by atoms with Crippen LogP contribution in [0.3, 0.4) is 0 Å². The Morgan fingerprint density at radius 2 is 2.00 bits per heavy atom. The molecule has 1 aromatic carbocycles. The lowest BCUT2D eigenvalue weighted by atomic mass is 9.98. The lowest BCUT2D eigenvalue weighted by molar-refractivity contribution is -0.384. The number of nitro benzene ring substituents is 1. The summed E-state index contributed by atoms with van der Waals surface area (Å²) < 4.78 is 5.34. The van der Waals surface area contributed by atoms with E-state index >= 15 is 0 Å². The van der Waals surface area contributed by atoms with Crippen molar-refractivity contribution in [2.75, 3.05) is 6.61 Å². The minimum absolute atomic E-state index is 0.0449. The second-order valence-corrected chi connectivity index (χ2v) is 5.06. The third-order valence-corrected chi connectivity index (χ3v) is 3.65. The van der Waals surface area contributed by atoms with Gasteiger partial charge in [0.2, 0.25) is 0 Å². The van der Waals surface area contributed by atoms with E-state index in [0.717, 1.165) is 5.39 Å². The van der Waals surface area contributed by atoms with Crippen molar-refractivity contribution in [1.82, 2.24) is 4.98 Å². The number of hydrogen-bond acceptors (Lipinski definition) is 6. The number of aliphatic hydroxyl groups is 3. The first-order valence-corrected chi connectivity index (χ1v) is 6.40. The highest BCUT2D eigenvalue weighted by atomic mass is 16.6. The van der Waals surface area contributed by atoms with Crippen LogP contribution in [-0.4, -0.2) is 50.1 Å². The van der Waals surface area contributed by atoms with E-state index in [1.54, 1.807) is 12.1 Å². The summed E-state index contributed by atoms with van der Waals surface area (Å²) in [7, 11) is 0.